The number of carbonyl (C=O) groups is 1. The first kappa shape index (κ1) is 25.9. The van der Waals surface area contributed by atoms with E-state index in [1.807, 2.05) is 56.8 Å². The van der Waals surface area contributed by atoms with Crippen LogP contribution in [0.5, 0.6) is 11.5 Å². The summed E-state index contributed by atoms with van der Waals surface area (Å²) < 4.78 is 35.3. The minimum Gasteiger partial charge on any atom is -0.456 e. The molecule has 0 bridgehead atoms. The molecule has 5 rings (SSSR count). The molecule has 0 unspecified atom stereocenters. The van der Waals surface area contributed by atoms with Crippen molar-refractivity contribution < 1.29 is 17.9 Å². The van der Waals surface area contributed by atoms with Crippen LogP contribution in [0.15, 0.2) is 66.0 Å². The van der Waals surface area contributed by atoms with Crippen LogP contribution in [0.25, 0.3) is 10.9 Å². The Morgan fingerprint density at radius 1 is 1.08 bits per heavy atom. The van der Waals surface area contributed by atoms with E-state index in [0.717, 1.165) is 17.5 Å². The number of nitrogens with zero attached hydrogens (tertiary/aromatic N) is 4. The van der Waals surface area contributed by atoms with E-state index in [2.05, 4.69) is 15.4 Å². The smallest absolute Gasteiger partial charge is 0.243 e. The molecule has 2 aromatic heterocycles. The second-order valence-corrected chi connectivity index (χ2v) is 12.5. The molecule has 0 radical (unpaired) electrons. The molecule has 1 saturated heterocycles. The van der Waals surface area contributed by atoms with E-state index in [-0.39, 0.29) is 22.8 Å². The van der Waals surface area contributed by atoms with Crippen LogP contribution in [0.2, 0.25) is 0 Å². The first-order valence-electron chi connectivity index (χ1n) is 12.5. The maximum Gasteiger partial charge on any atom is 0.243 e. The Hall–Kier alpha value is -3.76. The van der Waals surface area contributed by atoms with Crippen LogP contribution in [-0.2, 0) is 26.8 Å². The Morgan fingerprint density at radius 3 is 2.53 bits per heavy atom. The third-order valence-corrected chi connectivity index (χ3v) is 8.40. The predicted molar refractivity (Wildman–Crippen MR) is 146 cm³/mol. The number of aromatic nitrogens is 3. The molecule has 3 heterocycles. The Kier molecular flexibility index (Phi) is 6.70. The summed E-state index contributed by atoms with van der Waals surface area (Å²) in [6, 6.07) is 12.2. The quantitative estimate of drug-likeness (QED) is 0.364. The number of benzene rings is 2. The molecule has 0 atom stereocenters. The van der Waals surface area contributed by atoms with Gasteiger partial charge in [0.15, 0.2) is 0 Å². The van der Waals surface area contributed by atoms with Crippen molar-refractivity contribution in [3.05, 3.63) is 72.2 Å². The highest BCUT2D eigenvalue weighted by Crippen LogP contribution is 2.33. The van der Waals surface area contributed by atoms with Gasteiger partial charge in [0.2, 0.25) is 15.9 Å². The lowest BCUT2D eigenvalue weighted by Crippen LogP contribution is -2.41. The molecule has 1 aliphatic rings. The topological polar surface area (TPSA) is 106 Å². The predicted octanol–water partition coefficient (Wildman–Crippen LogP) is 4.86. The van der Waals surface area contributed by atoms with Crippen molar-refractivity contribution in [2.45, 2.75) is 51.0 Å². The van der Waals surface area contributed by atoms with Crippen LogP contribution in [0, 0.1) is 6.92 Å². The number of sulfonamides is 1. The summed E-state index contributed by atoms with van der Waals surface area (Å²) in [7, 11) is -3.53. The maximum atomic E-state index is 12.9. The van der Waals surface area contributed by atoms with Gasteiger partial charge in [0.25, 0.3) is 0 Å². The number of anilines is 1. The average molecular weight is 534 g/mol. The first-order chi connectivity index (χ1) is 18.0. The number of rotatable bonds is 7. The molecule has 198 valence electrons. The van der Waals surface area contributed by atoms with E-state index in [1.54, 1.807) is 36.7 Å². The normalized spacial score (nSPS) is 14.3. The Morgan fingerprint density at radius 2 is 1.87 bits per heavy atom. The molecule has 4 aromatic rings. The zero-order chi connectivity index (χ0) is 27.1. The van der Waals surface area contributed by atoms with Crippen molar-refractivity contribution in [1.82, 2.24) is 19.1 Å². The van der Waals surface area contributed by atoms with Crippen molar-refractivity contribution in [3.8, 4) is 11.5 Å². The maximum absolute atomic E-state index is 12.9. The highest BCUT2D eigenvalue weighted by molar-refractivity contribution is 7.89. The molecule has 0 saturated carbocycles. The lowest BCUT2D eigenvalue weighted by molar-refractivity contribution is -0.115. The molecule has 38 heavy (non-hydrogen) atoms. The second kappa shape index (κ2) is 9.85. The van der Waals surface area contributed by atoms with Crippen molar-refractivity contribution in [2.24, 2.45) is 0 Å². The van der Waals surface area contributed by atoms with Gasteiger partial charge in [0.1, 0.15) is 11.5 Å². The molecule has 1 N–H and O–H groups in total. The van der Waals surface area contributed by atoms with Gasteiger partial charge in [0, 0.05) is 30.9 Å². The fourth-order valence-electron chi connectivity index (χ4n) is 4.23. The van der Waals surface area contributed by atoms with Gasteiger partial charge in [-0.3, -0.25) is 14.5 Å². The van der Waals surface area contributed by atoms with Gasteiger partial charge in [-0.1, -0.05) is 12.1 Å². The summed E-state index contributed by atoms with van der Waals surface area (Å²) in [6.45, 7) is 9.12. The number of amides is 1. The lowest BCUT2D eigenvalue weighted by Gasteiger charge is -2.29. The standard InChI is InChI=1S/C28H31N5O4S/c1-19-14-20(15-27(34)31-21-17-30-33(18-21)28(2,3)4)6-9-25(19)37-26-10-11-29-24-8-7-22(16-23(24)26)38(35,36)32-12-5-13-32/h6-11,14,16-18H,5,12-13,15H2,1-4H3,(H,31,34). The third kappa shape index (κ3) is 5.27. The van der Waals surface area contributed by atoms with Crippen LogP contribution in [0.1, 0.15) is 38.3 Å². The zero-order valence-corrected chi connectivity index (χ0v) is 22.7. The zero-order valence-electron chi connectivity index (χ0n) is 21.9. The number of carbonyl (C=O) groups excluding carboxylic acids is 1. The summed E-state index contributed by atoms with van der Waals surface area (Å²) >= 11 is 0. The van der Waals surface area contributed by atoms with Gasteiger partial charge in [-0.05, 0) is 75.6 Å². The number of ether oxygens (including phenoxy) is 1. The van der Waals surface area contributed by atoms with E-state index in [0.29, 0.717) is 41.2 Å². The Bertz CT molecular complexity index is 1620. The van der Waals surface area contributed by atoms with E-state index < -0.39 is 10.0 Å². The summed E-state index contributed by atoms with van der Waals surface area (Å²) in [5.74, 6) is 0.992. The minimum atomic E-state index is -3.53. The van der Waals surface area contributed by atoms with Crippen LogP contribution < -0.4 is 10.1 Å². The van der Waals surface area contributed by atoms with E-state index in [4.69, 9.17) is 4.74 Å². The number of pyridine rings is 1. The summed E-state index contributed by atoms with van der Waals surface area (Å²) in [5.41, 5.74) is 2.83. The molecule has 2 aromatic carbocycles. The van der Waals surface area contributed by atoms with Crippen LogP contribution in [-0.4, -0.2) is 46.5 Å². The van der Waals surface area contributed by atoms with Crippen LogP contribution >= 0.6 is 0 Å². The Labute approximate surface area is 222 Å². The summed E-state index contributed by atoms with van der Waals surface area (Å²) in [4.78, 5) is 17.2. The van der Waals surface area contributed by atoms with Crippen molar-refractivity contribution >= 4 is 32.5 Å². The van der Waals surface area contributed by atoms with Gasteiger partial charge < -0.3 is 10.1 Å². The SMILES string of the molecule is Cc1cc(CC(=O)Nc2cnn(C(C)(C)C)c2)ccc1Oc1ccnc2ccc(S(=O)(=O)N3CCC3)cc12. The van der Waals surface area contributed by atoms with Gasteiger partial charge in [0.05, 0.1) is 34.3 Å². The van der Waals surface area contributed by atoms with Crippen molar-refractivity contribution in [3.63, 3.8) is 0 Å². The molecule has 0 spiro atoms. The first-order valence-corrected chi connectivity index (χ1v) is 14.0. The van der Waals surface area contributed by atoms with Crippen molar-refractivity contribution in [2.75, 3.05) is 18.4 Å². The molecule has 1 aliphatic heterocycles. The molecule has 0 aliphatic carbocycles. The Balaban J connectivity index is 1.32. The van der Waals surface area contributed by atoms with E-state index >= 15 is 0 Å². The van der Waals surface area contributed by atoms with Gasteiger partial charge in [-0.2, -0.15) is 9.40 Å². The fourth-order valence-corrected chi connectivity index (χ4v) is 5.77. The minimum absolute atomic E-state index is 0.136. The largest absolute Gasteiger partial charge is 0.456 e. The van der Waals surface area contributed by atoms with Gasteiger partial charge >= 0.3 is 0 Å². The fraction of sp³-hybridized carbons (Fsp3) is 0.321. The molecule has 10 heteroatoms. The van der Waals surface area contributed by atoms with Crippen LogP contribution in [0.4, 0.5) is 5.69 Å². The monoisotopic (exact) mass is 533 g/mol. The molecule has 1 fully saturated rings. The summed E-state index contributed by atoms with van der Waals surface area (Å²) in [5, 5.41) is 7.83. The molecular formula is C28H31N5O4S. The average Bonchev–Trinajstić information content (AvgIpc) is 3.28. The summed E-state index contributed by atoms with van der Waals surface area (Å²) in [6.07, 6.45) is 6.18. The molecular weight excluding hydrogens is 502 g/mol. The molecule has 9 nitrogen and oxygen atoms in total. The van der Waals surface area contributed by atoms with Gasteiger partial charge in [-0.25, -0.2) is 8.42 Å². The molecule has 1 amide bonds. The lowest BCUT2D eigenvalue weighted by atomic mass is 10.1. The van der Waals surface area contributed by atoms with Crippen LogP contribution in [0.3, 0.4) is 0 Å². The second-order valence-electron chi connectivity index (χ2n) is 10.5. The number of hydrogen-bond acceptors (Lipinski definition) is 6. The number of hydrogen-bond donors (Lipinski definition) is 1. The van der Waals surface area contributed by atoms with E-state index in [9.17, 15) is 13.2 Å². The third-order valence-electron chi connectivity index (χ3n) is 6.50. The number of aryl methyl sites for hydroxylation is 1. The highest BCUT2D eigenvalue weighted by atomic mass is 32.2. The number of fused-ring (bicyclic) bond motifs is 1. The van der Waals surface area contributed by atoms with Gasteiger partial charge in [-0.15, -0.1) is 0 Å². The highest BCUT2D eigenvalue weighted by Gasteiger charge is 2.29. The number of nitrogens with one attached hydrogen (secondary N) is 1. The van der Waals surface area contributed by atoms with E-state index in [1.165, 1.54) is 4.31 Å². The van der Waals surface area contributed by atoms with Crippen molar-refractivity contribution in [1.29, 1.82) is 0 Å².